The Morgan fingerprint density at radius 2 is 1.00 bits per heavy atom. The minimum Gasteiger partial charge on any atom is -0.0881 e. The van der Waals surface area contributed by atoms with Crippen molar-refractivity contribution >= 4 is 33.3 Å². The summed E-state index contributed by atoms with van der Waals surface area (Å²) in [7, 11) is 0. The molecule has 0 radical (unpaired) electrons. The summed E-state index contributed by atoms with van der Waals surface area (Å²) in [5, 5.41) is 5.21. The summed E-state index contributed by atoms with van der Waals surface area (Å²) in [6.07, 6.45) is 0. The normalized spacial score (nSPS) is 15.8. The highest BCUT2D eigenvalue weighted by atomic mass is 32.2. The van der Waals surface area contributed by atoms with Crippen LogP contribution in [0.5, 0.6) is 0 Å². The second kappa shape index (κ2) is 9.81. The third kappa shape index (κ3) is 3.52. The van der Waals surface area contributed by atoms with E-state index in [4.69, 9.17) is 0 Å². The molecular weight excluding hydrogens is 573 g/mol. The van der Waals surface area contributed by atoms with Gasteiger partial charge in [-0.2, -0.15) is 0 Å². The largest absolute Gasteiger partial charge is 0.0881 e. The van der Waals surface area contributed by atoms with Crippen molar-refractivity contribution < 1.29 is 0 Å². The van der Waals surface area contributed by atoms with E-state index in [-0.39, 0.29) is 0 Å². The van der Waals surface area contributed by atoms with E-state index in [1.807, 2.05) is 11.8 Å². The summed E-state index contributed by atoms with van der Waals surface area (Å²) in [5.41, 5.74) is 12.6. The SMILES string of the molecule is c1ccc(C2(c3cccc(-c4cccc5c4Sc4cccc6cccc-5c46)c3)c3ccccc3-c3cc4ccccc4cc32)cc1. The van der Waals surface area contributed by atoms with Gasteiger partial charge < -0.3 is 0 Å². The van der Waals surface area contributed by atoms with Gasteiger partial charge in [0, 0.05) is 15.2 Å². The van der Waals surface area contributed by atoms with Crippen LogP contribution in [0.15, 0.2) is 180 Å². The van der Waals surface area contributed by atoms with Gasteiger partial charge in [-0.25, -0.2) is 0 Å². The first kappa shape index (κ1) is 25.9. The summed E-state index contributed by atoms with van der Waals surface area (Å²) >= 11 is 1.91. The van der Waals surface area contributed by atoms with Crippen molar-refractivity contribution in [2.75, 3.05) is 0 Å². The molecule has 0 spiro atoms. The minimum absolute atomic E-state index is 0.451. The smallest absolute Gasteiger partial charge is 0.0713 e. The molecule has 0 bridgehead atoms. The van der Waals surface area contributed by atoms with Crippen LogP contribution in [0.2, 0.25) is 0 Å². The second-order valence-corrected chi connectivity index (χ2v) is 13.5. The van der Waals surface area contributed by atoms with Crippen molar-refractivity contribution in [2.24, 2.45) is 0 Å². The van der Waals surface area contributed by atoms with Gasteiger partial charge in [0.2, 0.25) is 0 Å². The van der Waals surface area contributed by atoms with Crippen molar-refractivity contribution in [3.63, 3.8) is 0 Å². The van der Waals surface area contributed by atoms with Crippen molar-refractivity contribution in [3.8, 4) is 33.4 Å². The Balaban J connectivity index is 1.25. The Hall–Kier alpha value is -5.37. The molecule has 1 atom stereocenters. The summed E-state index contributed by atoms with van der Waals surface area (Å²) < 4.78 is 0. The first-order chi connectivity index (χ1) is 22.8. The topological polar surface area (TPSA) is 0 Å². The zero-order valence-electron chi connectivity index (χ0n) is 25.1. The Kier molecular flexibility index (Phi) is 5.53. The molecule has 0 nitrogen and oxygen atoms in total. The molecule has 1 aliphatic carbocycles. The fraction of sp³-hybridized carbons (Fsp3) is 0.0222. The van der Waals surface area contributed by atoms with E-state index in [1.165, 1.54) is 87.0 Å². The van der Waals surface area contributed by atoms with Crippen molar-refractivity contribution in [3.05, 3.63) is 192 Å². The van der Waals surface area contributed by atoms with Gasteiger partial charge in [0.1, 0.15) is 0 Å². The molecule has 0 saturated heterocycles. The summed E-state index contributed by atoms with van der Waals surface area (Å²) in [4.78, 5) is 2.66. The maximum Gasteiger partial charge on any atom is 0.0713 e. The number of rotatable bonds is 3. The van der Waals surface area contributed by atoms with E-state index in [2.05, 4.69) is 170 Å². The number of fused-ring (bicyclic) bond motifs is 6. The lowest BCUT2D eigenvalue weighted by Gasteiger charge is -2.34. The van der Waals surface area contributed by atoms with Crippen LogP contribution in [0.3, 0.4) is 0 Å². The van der Waals surface area contributed by atoms with Crippen LogP contribution in [0, 0.1) is 0 Å². The molecule has 1 unspecified atom stereocenters. The zero-order valence-corrected chi connectivity index (χ0v) is 25.9. The van der Waals surface area contributed by atoms with E-state index in [9.17, 15) is 0 Å². The van der Waals surface area contributed by atoms with Gasteiger partial charge in [-0.15, -0.1) is 0 Å². The molecule has 8 aromatic carbocycles. The van der Waals surface area contributed by atoms with Gasteiger partial charge in [0.15, 0.2) is 0 Å². The summed E-state index contributed by atoms with van der Waals surface area (Å²) in [5.74, 6) is 0. The van der Waals surface area contributed by atoms with Crippen LogP contribution in [0.25, 0.3) is 54.9 Å². The molecule has 46 heavy (non-hydrogen) atoms. The van der Waals surface area contributed by atoms with Crippen molar-refractivity contribution in [2.45, 2.75) is 15.2 Å². The highest BCUT2D eigenvalue weighted by Gasteiger charge is 2.46. The molecule has 1 aliphatic heterocycles. The first-order valence-electron chi connectivity index (χ1n) is 15.9. The van der Waals surface area contributed by atoms with E-state index >= 15 is 0 Å². The molecule has 0 saturated carbocycles. The van der Waals surface area contributed by atoms with Crippen LogP contribution in [-0.2, 0) is 5.41 Å². The van der Waals surface area contributed by atoms with Gasteiger partial charge in [-0.1, -0.05) is 157 Å². The molecule has 8 aromatic rings. The standard InChI is InChI=1S/C45H28S/c1-2-17-33(18-3-1)45(40-24-7-6-20-36(40)39-27-30-12-4-5-13-31(30)28-41(39)45)34-19-8-16-32(26-34)35-21-11-23-38-37-22-9-14-29-15-10-25-42(43(29)37)46-44(35)38/h1-28H. The Bertz CT molecular complexity index is 2500. The van der Waals surface area contributed by atoms with E-state index in [0.717, 1.165) is 0 Å². The third-order valence-corrected chi connectivity index (χ3v) is 11.3. The fourth-order valence-electron chi connectivity index (χ4n) is 8.17. The van der Waals surface area contributed by atoms with Gasteiger partial charge in [0.25, 0.3) is 0 Å². The fourth-order valence-corrected chi connectivity index (χ4v) is 9.45. The maximum atomic E-state index is 2.46. The molecule has 2 aliphatic rings. The van der Waals surface area contributed by atoms with Gasteiger partial charge in [-0.3, -0.25) is 0 Å². The van der Waals surface area contributed by atoms with Gasteiger partial charge in [-0.05, 0) is 96.1 Å². The molecule has 0 aromatic heterocycles. The number of hydrogen-bond acceptors (Lipinski definition) is 1. The third-order valence-electron chi connectivity index (χ3n) is 10.1. The summed E-state index contributed by atoms with van der Waals surface area (Å²) in [6.45, 7) is 0. The van der Waals surface area contributed by atoms with Crippen molar-refractivity contribution in [1.82, 2.24) is 0 Å². The van der Waals surface area contributed by atoms with Crippen LogP contribution >= 0.6 is 11.8 Å². The lowest BCUT2D eigenvalue weighted by molar-refractivity contribution is 0.770. The van der Waals surface area contributed by atoms with Crippen molar-refractivity contribution in [1.29, 1.82) is 0 Å². The predicted molar refractivity (Wildman–Crippen MR) is 194 cm³/mol. The molecule has 1 heterocycles. The average molecular weight is 601 g/mol. The molecule has 214 valence electrons. The molecular formula is C45H28S. The molecule has 0 fully saturated rings. The van der Waals surface area contributed by atoms with E-state index in [1.54, 1.807) is 0 Å². The Morgan fingerprint density at radius 3 is 1.89 bits per heavy atom. The quantitative estimate of drug-likeness (QED) is 0.194. The monoisotopic (exact) mass is 600 g/mol. The lowest BCUT2D eigenvalue weighted by Crippen LogP contribution is -2.28. The number of benzene rings is 8. The highest BCUT2D eigenvalue weighted by Crippen LogP contribution is 2.58. The minimum atomic E-state index is -0.451. The average Bonchev–Trinajstić information content (AvgIpc) is 3.41. The summed E-state index contributed by atoms with van der Waals surface area (Å²) in [6, 6.07) is 63.3. The van der Waals surface area contributed by atoms with E-state index < -0.39 is 5.41 Å². The predicted octanol–water partition coefficient (Wildman–Crippen LogP) is 12.2. The maximum absolute atomic E-state index is 2.46. The van der Waals surface area contributed by atoms with Crippen LogP contribution < -0.4 is 0 Å². The molecule has 0 amide bonds. The first-order valence-corrected chi connectivity index (χ1v) is 16.7. The van der Waals surface area contributed by atoms with E-state index in [0.29, 0.717) is 0 Å². The Morgan fingerprint density at radius 1 is 0.370 bits per heavy atom. The Labute approximate surface area is 273 Å². The zero-order chi connectivity index (χ0) is 30.2. The molecule has 0 N–H and O–H groups in total. The van der Waals surface area contributed by atoms with Gasteiger partial charge in [0.05, 0.1) is 5.41 Å². The molecule has 1 heteroatoms. The van der Waals surface area contributed by atoms with Gasteiger partial charge >= 0.3 is 0 Å². The lowest BCUT2D eigenvalue weighted by atomic mass is 9.67. The van der Waals surface area contributed by atoms with Crippen LogP contribution in [0.4, 0.5) is 0 Å². The number of hydrogen-bond donors (Lipinski definition) is 0. The molecule has 10 rings (SSSR count). The second-order valence-electron chi connectivity index (χ2n) is 12.4. The highest BCUT2D eigenvalue weighted by molar-refractivity contribution is 8.00. The van der Waals surface area contributed by atoms with Crippen LogP contribution in [0.1, 0.15) is 22.3 Å². The van der Waals surface area contributed by atoms with Crippen LogP contribution in [-0.4, -0.2) is 0 Å².